The number of nitrogens with zero attached hydrogens (tertiary/aromatic N) is 1. The van der Waals surface area contributed by atoms with E-state index >= 15 is 0 Å². The minimum atomic E-state index is -0.586. The smallest absolute Gasteiger partial charge is 0.255 e. The summed E-state index contributed by atoms with van der Waals surface area (Å²) in [5, 5.41) is 5.89. The average molecular weight is 399 g/mol. The molecule has 0 radical (unpaired) electrons. The lowest BCUT2D eigenvalue weighted by Gasteiger charge is -2.29. The first kappa shape index (κ1) is 19.9. The van der Waals surface area contributed by atoms with Crippen LogP contribution < -0.4 is 15.4 Å². The summed E-state index contributed by atoms with van der Waals surface area (Å²) >= 11 is 0. The summed E-state index contributed by atoms with van der Waals surface area (Å²) < 4.78 is 6.36. The van der Waals surface area contributed by atoms with E-state index in [0.29, 0.717) is 24.6 Å². The predicted octanol–water partition coefficient (Wildman–Crippen LogP) is 2.14. The third-order valence-electron chi connectivity index (χ3n) is 6.20. The molecule has 29 heavy (non-hydrogen) atoms. The molecular formula is C22H29N3O4. The molecule has 2 N–H and O–H groups in total. The average Bonchev–Trinajstić information content (AvgIpc) is 2.86. The number of fused-ring (bicyclic) bond motifs is 1. The van der Waals surface area contributed by atoms with Crippen LogP contribution in [0.3, 0.4) is 0 Å². The number of likely N-dealkylation sites (N-methyl/N-ethyl adjacent to an activating group) is 1. The molecular weight excluding hydrogens is 370 g/mol. The minimum absolute atomic E-state index is 0.124. The molecule has 1 aromatic carbocycles. The molecule has 3 aliphatic rings. The first-order valence-electron chi connectivity index (χ1n) is 10.7. The molecule has 2 aliphatic heterocycles. The Bertz CT molecular complexity index is 809. The van der Waals surface area contributed by atoms with Gasteiger partial charge in [0, 0.05) is 24.6 Å². The van der Waals surface area contributed by atoms with Crippen molar-refractivity contribution in [2.75, 3.05) is 6.54 Å². The molecule has 1 saturated heterocycles. The highest BCUT2D eigenvalue weighted by molar-refractivity contribution is 6.05. The summed E-state index contributed by atoms with van der Waals surface area (Å²) in [5.41, 5.74) is 1.50. The summed E-state index contributed by atoms with van der Waals surface area (Å²) in [4.78, 5) is 38.0. The van der Waals surface area contributed by atoms with Gasteiger partial charge < -0.3 is 15.0 Å². The number of piperidine rings is 1. The van der Waals surface area contributed by atoms with Gasteiger partial charge in [-0.1, -0.05) is 19.8 Å². The zero-order valence-electron chi connectivity index (χ0n) is 16.9. The monoisotopic (exact) mass is 399 g/mol. The van der Waals surface area contributed by atoms with Gasteiger partial charge in [-0.2, -0.15) is 0 Å². The highest BCUT2D eigenvalue weighted by Gasteiger charge is 2.39. The van der Waals surface area contributed by atoms with Gasteiger partial charge in [0.15, 0.2) is 0 Å². The third kappa shape index (κ3) is 4.15. The van der Waals surface area contributed by atoms with E-state index in [2.05, 4.69) is 17.6 Å². The van der Waals surface area contributed by atoms with Crippen molar-refractivity contribution in [3.8, 4) is 5.75 Å². The molecule has 0 aromatic heterocycles. The van der Waals surface area contributed by atoms with Crippen LogP contribution in [0.15, 0.2) is 18.2 Å². The summed E-state index contributed by atoms with van der Waals surface area (Å²) in [6.45, 7) is 3.41. The Morgan fingerprint density at radius 2 is 1.97 bits per heavy atom. The molecule has 2 heterocycles. The molecule has 3 amide bonds. The van der Waals surface area contributed by atoms with Crippen molar-refractivity contribution in [3.05, 3.63) is 29.3 Å². The van der Waals surface area contributed by atoms with Gasteiger partial charge in [-0.15, -0.1) is 0 Å². The fraction of sp³-hybridized carbons (Fsp3) is 0.591. The lowest BCUT2D eigenvalue weighted by atomic mass is 10.0. The number of rotatable bonds is 5. The van der Waals surface area contributed by atoms with Crippen LogP contribution in [0.25, 0.3) is 0 Å². The van der Waals surface area contributed by atoms with Gasteiger partial charge in [0.25, 0.3) is 5.91 Å². The normalized spacial score (nSPS) is 27.4. The van der Waals surface area contributed by atoms with E-state index in [0.717, 1.165) is 30.7 Å². The lowest BCUT2D eigenvalue weighted by molar-refractivity contribution is -0.136. The predicted molar refractivity (Wildman–Crippen MR) is 107 cm³/mol. The molecule has 1 aromatic rings. The molecule has 3 atom stereocenters. The van der Waals surface area contributed by atoms with Gasteiger partial charge in [0.05, 0.1) is 0 Å². The lowest BCUT2D eigenvalue weighted by Crippen LogP contribution is -2.52. The van der Waals surface area contributed by atoms with Crippen molar-refractivity contribution in [1.29, 1.82) is 0 Å². The Morgan fingerprint density at radius 1 is 1.14 bits per heavy atom. The largest absolute Gasteiger partial charge is 0.489 e. The number of imide groups is 1. The zero-order chi connectivity index (χ0) is 20.4. The number of benzene rings is 1. The van der Waals surface area contributed by atoms with E-state index in [4.69, 9.17) is 4.74 Å². The maximum Gasteiger partial charge on any atom is 0.255 e. The SMILES string of the molecule is CCN[C@H]1CCCCC[C@@H]1Oc1ccc2c(c1)CN(C1CCC(=O)NC1=O)C2=O. The van der Waals surface area contributed by atoms with Gasteiger partial charge in [-0.05, 0) is 56.0 Å². The van der Waals surface area contributed by atoms with E-state index in [9.17, 15) is 14.4 Å². The second-order valence-electron chi connectivity index (χ2n) is 8.18. The Morgan fingerprint density at radius 3 is 2.76 bits per heavy atom. The van der Waals surface area contributed by atoms with Gasteiger partial charge in [0.2, 0.25) is 11.8 Å². The quantitative estimate of drug-likeness (QED) is 0.585. The van der Waals surface area contributed by atoms with Gasteiger partial charge >= 0.3 is 0 Å². The van der Waals surface area contributed by atoms with Crippen LogP contribution in [0, 0.1) is 0 Å². The Balaban J connectivity index is 1.48. The van der Waals surface area contributed by atoms with Crippen molar-refractivity contribution >= 4 is 17.7 Å². The molecule has 1 unspecified atom stereocenters. The maximum atomic E-state index is 12.8. The van der Waals surface area contributed by atoms with Crippen molar-refractivity contribution in [2.45, 2.75) is 76.6 Å². The summed E-state index contributed by atoms with van der Waals surface area (Å²) in [5.74, 6) is -0.0342. The topological polar surface area (TPSA) is 87.7 Å². The maximum absolute atomic E-state index is 12.8. The first-order valence-corrected chi connectivity index (χ1v) is 10.7. The number of hydrogen-bond acceptors (Lipinski definition) is 5. The summed E-state index contributed by atoms with van der Waals surface area (Å²) in [6.07, 6.45) is 6.52. The van der Waals surface area contributed by atoms with Crippen LogP contribution in [0.4, 0.5) is 0 Å². The van der Waals surface area contributed by atoms with E-state index in [-0.39, 0.29) is 30.2 Å². The fourth-order valence-electron chi connectivity index (χ4n) is 4.71. The summed E-state index contributed by atoms with van der Waals surface area (Å²) in [7, 11) is 0. The zero-order valence-corrected chi connectivity index (χ0v) is 16.9. The van der Waals surface area contributed by atoms with Crippen LogP contribution in [-0.4, -0.2) is 47.4 Å². The molecule has 7 heteroatoms. The van der Waals surface area contributed by atoms with Gasteiger partial charge in [0.1, 0.15) is 17.9 Å². The van der Waals surface area contributed by atoms with Crippen molar-refractivity contribution < 1.29 is 19.1 Å². The number of nitrogens with one attached hydrogen (secondary N) is 2. The summed E-state index contributed by atoms with van der Waals surface area (Å²) in [6, 6.07) is 5.36. The van der Waals surface area contributed by atoms with Crippen LogP contribution in [0.5, 0.6) is 5.75 Å². The van der Waals surface area contributed by atoms with Crippen molar-refractivity contribution in [3.63, 3.8) is 0 Å². The van der Waals surface area contributed by atoms with E-state index < -0.39 is 6.04 Å². The van der Waals surface area contributed by atoms with Gasteiger partial charge in [-0.25, -0.2) is 0 Å². The number of amides is 3. The fourth-order valence-corrected chi connectivity index (χ4v) is 4.71. The highest BCUT2D eigenvalue weighted by Crippen LogP contribution is 2.31. The second-order valence-corrected chi connectivity index (χ2v) is 8.18. The number of carbonyl (C=O) groups excluding carboxylic acids is 3. The van der Waals surface area contributed by atoms with Crippen LogP contribution >= 0.6 is 0 Å². The number of ether oxygens (including phenoxy) is 1. The van der Waals surface area contributed by atoms with Crippen molar-refractivity contribution in [2.24, 2.45) is 0 Å². The molecule has 1 saturated carbocycles. The molecule has 0 spiro atoms. The van der Waals surface area contributed by atoms with E-state index in [1.807, 2.05) is 12.1 Å². The Hall–Kier alpha value is -2.41. The number of carbonyl (C=O) groups is 3. The van der Waals surface area contributed by atoms with Crippen LogP contribution in [0.2, 0.25) is 0 Å². The molecule has 156 valence electrons. The molecule has 4 rings (SSSR count). The Labute approximate surface area is 171 Å². The van der Waals surface area contributed by atoms with E-state index in [1.165, 1.54) is 19.3 Å². The molecule has 1 aliphatic carbocycles. The van der Waals surface area contributed by atoms with Crippen molar-refractivity contribution in [1.82, 2.24) is 15.5 Å². The highest BCUT2D eigenvalue weighted by atomic mass is 16.5. The van der Waals surface area contributed by atoms with Crippen LogP contribution in [-0.2, 0) is 16.1 Å². The standard InChI is InChI=1S/C22H29N3O4/c1-2-23-17-6-4-3-5-7-19(17)29-15-8-9-16-14(12-15)13-25(22(16)28)18-10-11-20(26)24-21(18)27/h8-9,12,17-19,23H,2-7,10-11,13H2,1H3,(H,24,26,27)/t17-,18?,19-/m0/s1. The molecule has 7 nitrogen and oxygen atoms in total. The molecule has 2 fully saturated rings. The second kappa shape index (κ2) is 8.53. The minimum Gasteiger partial charge on any atom is -0.489 e. The third-order valence-corrected chi connectivity index (χ3v) is 6.20. The number of hydrogen-bond donors (Lipinski definition) is 2. The van der Waals surface area contributed by atoms with Gasteiger partial charge in [-0.3, -0.25) is 19.7 Å². The Kier molecular flexibility index (Phi) is 5.85. The van der Waals surface area contributed by atoms with Crippen LogP contribution in [0.1, 0.15) is 67.8 Å². The first-order chi connectivity index (χ1) is 14.1. The van der Waals surface area contributed by atoms with E-state index in [1.54, 1.807) is 11.0 Å². The molecule has 0 bridgehead atoms.